The zero-order valence-corrected chi connectivity index (χ0v) is 9.05. The monoisotopic (exact) mass is 191 g/mol. The van der Waals surface area contributed by atoms with Crippen molar-refractivity contribution in [3.05, 3.63) is 28.8 Å². The Hall–Kier alpha value is -1.02. The number of ether oxygens (including phenoxy) is 1. The maximum atomic E-state index is 5.78. The van der Waals surface area contributed by atoms with Crippen LogP contribution >= 0.6 is 0 Å². The standard InChI is InChI=1S/C12H17NO/c1-8-4-9(2)12-11(5-8)6-13-10(3)7-14-12/h4-5,10,13H,6-7H2,1-3H3. The van der Waals surface area contributed by atoms with Crippen LogP contribution in [0.3, 0.4) is 0 Å². The van der Waals surface area contributed by atoms with Gasteiger partial charge in [0, 0.05) is 18.2 Å². The molecule has 1 N–H and O–H groups in total. The molecule has 1 aromatic carbocycles. The van der Waals surface area contributed by atoms with E-state index in [9.17, 15) is 0 Å². The molecule has 0 saturated carbocycles. The first kappa shape index (κ1) is 9.53. The van der Waals surface area contributed by atoms with Gasteiger partial charge < -0.3 is 10.1 Å². The summed E-state index contributed by atoms with van der Waals surface area (Å²) in [5.74, 6) is 1.08. The Morgan fingerprint density at radius 3 is 2.93 bits per heavy atom. The Morgan fingerprint density at radius 2 is 2.14 bits per heavy atom. The van der Waals surface area contributed by atoms with Crippen LogP contribution in [0.25, 0.3) is 0 Å². The summed E-state index contributed by atoms with van der Waals surface area (Å²) in [6, 6.07) is 4.81. The van der Waals surface area contributed by atoms with Crippen LogP contribution in [-0.2, 0) is 6.54 Å². The van der Waals surface area contributed by atoms with Crippen molar-refractivity contribution in [2.45, 2.75) is 33.4 Å². The van der Waals surface area contributed by atoms with Gasteiger partial charge in [-0.3, -0.25) is 0 Å². The third-order valence-corrected chi connectivity index (χ3v) is 2.61. The quantitative estimate of drug-likeness (QED) is 0.678. The van der Waals surface area contributed by atoms with Crippen LogP contribution in [0.15, 0.2) is 12.1 Å². The molecular formula is C12H17NO. The lowest BCUT2D eigenvalue weighted by molar-refractivity contribution is 0.286. The molecule has 0 spiro atoms. The van der Waals surface area contributed by atoms with Crippen LogP contribution in [0, 0.1) is 13.8 Å². The van der Waals surface area contributed by atoms with Gasteiger partial charge in [0.1, 0.15) is 12.4 Å². The molecule has 0 aliphatic carbocycles. The fourth-order valence-corrected chi connectivity index (χ4v) is 1.93. The van der Waals surface area contributed by atoms with Gasteiger partial charge in [-0.15, -0.1) is 0 Å². The highest BCUT2D eigenvalue weighted by Gasteiger charge is 2.14. The second-order valence-electron chi connectivity index (χ2n) is 4.16. The summed E-state index contributed by atoms with van der Waals surface area (Å²) in [5.41, 5.74) is 3.84. The third-order valence-electron chi connectivity index (χ3n) is 2.61. The maximum absolute atomic E-state index is 5.78. The second kappa shape index (κ2) is 3.62. The van der Waals surface area contributed by atoms with Gasteiger partial charge in [0.25, 0.3) is 0 Å². The van der Waals surface area contributed by atoms with Crippen molar-refractivity contribution < 1.29 is 4.74 Å². The fraction of sp³-hybridized carbons (Fsp3) is 0.500. The number of hydrogen-bond donors (Lipinski definition) is 1. The average molecular weight is 191 g/mol. The smallest absolute Gasteiger partial charge is 0.126 e. The Bertz CT molecular complexity index is 346. The first-order valence-corrected chi connectivity index (χ1v) is 5.13. The van der Waals surface area contributed by atoms with Crippen LogP contribution in [0.4, 0.5) is 0 Å². The minimum atomic E-state index is 0.433. The van der Waals surface area contributed by atoms with Gasteiger partial charge in [-0.1, -0.05) is 17.7 Å². The molecule has 76 valence electrons. The van der Waals surface area contributed by atoms with E-state index in [1.807, 2.05) is 0 Å². The summed E-state index contributed by atoms with van der Waals surface area (Å²) in [7, 11) is 0. The Kier molecular flexibility index (Phi) is 2.46. The molecule has 1 unspecified atom stereocenters. The molecule has 0 amide bonds. The predicted molar refractivity (Wildman–Crippen MR) is 57.7 cm³/mol. The summed E-state index contributed by atoms with van der Waals surface area (Å²) < 4.78 is 5.78. The summed E-state index contributed by atoms with van der Waals surface area (Å²) >= 11 is 0. The van der Waals surface area contributed by atoms with Gasteiger partial charge in [-0.25, -0.2) is 0 Å². The Morgan fingerprint density at radius 1 is 1.36 bits per heavy atom. The summed E-state index contributed by atoms with van der Waals surface area (Å²) in [5, 5.41) is 3.43. The summed E-state index contributed by atoms with van der Waals surface area (Å²) in [4.78, 5) is 0. The van der Waals surface area contributed by atoms with Crippen LogP contribution in [-0.4, -0.2) is 12.6 Å². The molecule has 14 heavy (non-hydrogen) atoms. The molecule has 0 aromatic heterocycles. The van der Waals surface area contributed by atoms with Crippen molar-refractivity contribution in [3.63, 3.8) is 0 Å². The van der Waals surface area contributed by atoms with Gasteiger partial charge in [-0.05, 0) is 26.3 Å². The van der Waals surface area contributed by atoms with Crippen molar-refractivity contribution in [1.82, 2.24) is 5.32 Å². The first-order valence-electron chi connectivity index (χ1n) is 5.13. The number of rotatable bonds is 0. The molecule has 1 heterocycles. The van der Waals surface area contributed by atoms with Crippen LogP contribution in [0.5, 0.6) is 5.75 Å². The van der Waals surface area contributed by atoms with E-state index in [1.165, 1.54) is 16.7 Å². The van der Waals surface area contributed by atoms with E-state index < -0.39 is 0 Å². The Balaban J connectivity index is 2.40. The molecule has 0 fully saturated rings. The molecular weight excluding hydrogens is 174 g/mol. The van der Waals surface area contributed by atoms with Crippen LogP contribution in [0.2, 0.25) is 0 Å². The minimum absolute atomic E-state index is 0.433. The number of nitrogens with one attached hydrogen (secondary N) is 1. The van der Waals surface area contributed by atoms with E-state index >= 15 is 0 Å². The summed E-state index contributed by atoms with van der Waals surface area (Å²) in [6.07, 6.45) is 0. The third kappa shape index (κ3) is 1.75. The van der Waals surface area contributed by atoms with Gasteiger partial charge in [0.05, 0.1) is 0 Å². The molecule has 1 atom stereocenters. The molecule has 1 aliphatic rings. The number of aryl methyl sites for hydroxylation is 2. The van der Waals surface area contributed by atoms with Crippen molar-refractivity contribution in [3.8, 4) is 5.75 Å². The normalized spacial score (nSPS) is 20.9. The highest BCUT2D eigenvalue weighted by molar-refractivity contribution is 5.44. The largest absolute Gasteiger partial charge is 0.491 e. The maximum Gasteiger partial charge on any atom is 0.126 e. The second-order valence-corrected chi connectivity index (χ2v) is 4.16. The topological polar surface area (TPSA) is 21.3 Å². The van der Waals surface area contributed by atoms with Crippen LogP contribution in [0.1, 0.15) is 23.6 Å². The Labute approximate surface area is 85.3 Å². The fourth-order valence-electron chi connectivity index (χ4n) is 1.93. The highest BCUT2D eigenvalue weighted by atomic mass is 16.5. The van der Waals surface area contributed by atoms with Gasteiger partial charge in [-0.2, -0.15) is 0 Å². The van der Waals surface area contributed by atoms with E-state index in [1.54, 1.807) is 0 Å². The van der Waals surface area contributed by atoms with Crippen molar-refractivity contribution in [2.75, 3.05) is 6.61 Å². The van der Waals surface area contributed by atoms with Crippen molar-refractivity contribution in [2.24, 2.45) is 0 Å². The minimum Gasteiger partial charge on any atom is -0.491 e. The highest BCUT2D eigenvalue weighted by Crippen LogP contribution is 2.27. The summed E-state index contributed by atoms with van der Waals surface area (Å²) in [6.45, 7) is 8.06. The molecule has 0 saturated heterocycles. The van der Waals surface area contributed by atoms with E-state index in [0.29, 0.717) is 6.04 Å². The average Bonchev–Trinajstić information content (AvgIpc) is 2.28. The van der Waals surface area contributed by atoms with Crippen LogP contribution < -0.4 is 10.1 Å². The van der Waals surface area contributed by atoms with E-state index in [2.05, 4.69) is 38.2 Å². The lowest BCUT2D eigenvalue weighted by Crippen LogP contribution is -2.28. The molecule has 2 heteroatoms. The van der Waals surface area contributed by atoms with Gasteiger partial charge >= 0.3 is 0 Å². The van der Waals surface area contributed by atoms with E-state index in [4.69, 9.17) is 4.74 Å². The molecule has 1 aromatic rings. The molecule has 2 rings (SSSR count). The predicted octanol–water partition coefficient (Wildman–Crippen LogP) is 2.17. The van der Waals surface area contributed by atoms with E-state index in [0.717, 1.165) is 18.9 Å². The number of fused-ring (bicyclic) bond motifs is 1. The SMILES string of the molecule is Cc1cc(C)c2c(c1)CNC(C)CO2. The van der Waals surface area contributed by atoms with Crippen molar-refractivity contribution in [1.29, 1.82) is 0 Å². The van der Waals surface area contributed by atoms with E-state index in [-0.39, 0.29) is 0 Å². The van der Waals surface area contributed by atoms with Gasteiger partial charge in [0.2, 0.25) is 0 Å². The number of hydrogen-bond acceptors (Lipinski definition) is 2. The number of benzene rings is 1. The lowest BCUT2D eigenvalue weighted by Gasteiger charge is -2.11. The molecule has 2 nitrogen and oxygen atoms in total. The molecule has 0 radical (unpaired) electrons. The van der Waals surface area contributed by atoms with Crippen molar-refractivity contribution >= 4 is 0 Å². The molecule has 0 bridgehead atoms. The zero-order valence-electron chi connectivity index (χ0n) is 9.05. The van der Waals surface area contributed by atoms with Gasteiger partial charge in [0.15, 0.2) is 0 Å². The lowest BCUT2D eigenvalue weighted by atomic mass is 10.1. The molecule has 1 aliphatic heterocycles. The first-order chi connectivity index (χ1) is 6.66. The zero-order chi connectivity index (χ0) is 10.1.